The third-order valence-corrected chi connectivity index (χ3v) is 4.69. The summed E-state index contributed by atoms with van der Waals surface area (Å²) < 4.78 is 0. The molecule has 0 saturated heterocycles. The molecule has 19 heavy (non-hydrogen) atoms. The van der Waals surface area contributed by atoms with Crippen LogP contribution < -0.4 is 10.6 Å². The van der Waals surface area contributed by atoms with Crippen LogP contribution in [-0.2, 0) is 19.4 Å². The minimum atomic E-state index is 0.231. The number of benzene rings is 1. The minimum Gasteiger partial charge on any atom is -0.367 e. The van der Waals surface area contributed by atoms with Gasteiger partial charge >= 0.3 is 0 Å². The fourth-order valence-electron chi connectivity index (χ4n) is 2.68. The molecule has 1 aliphatic rings. The Bertz CT molecular complexity index is 542. The standard InChI is InChI=1S/C16H20N2S/c1-12(17)10-13-2-4-15(5-3-13)18-8-6-16-14(11-18)7-9-19-16/h2-5,7,9,12H,6,8,10-11,17H2,1H3. The number of rotatable bonds is 3. The predicted octanol–water partition coefficient (Wildman–Crippen LogP) is 3.20. The van der Waals surface area contributed by atoms with Gasteiger partial charge in [-0.25, -0.2) is 0 Å². The number of hydrogen-bond acceptors (Lipinski definition) is 3. The molecule has 0 amide bonds. The lowest BCUT2D eigenvalue weighted by atomic mass is 10.1. The van der Waals surface area contributed by atoms with Crippen molar-refractivity contribution in [3.8, 4) is 0 Å². The summed E-state index contributed by atoms with van der Waals surface area (Å²) in [6.07, 6.45) is 2.13. The van der Waals surface area contributed by atoms with Crippen molar-refractivity contribution in [3.05, 3.63) is 51.7 Å². The lowest BCUT2D eigenvalue weighted by molar-refractivity contribution is 0.733. The summed E-state index contributed by atoms with van der Waals surface area (Å²) in [4.78, 5) is 4.02. The zero-order valence-corrected chi connectivity index (χ0v) is 12.1. The molecule has 100 valence electrons. The number of nitrogens with zero attached hydrogens (tertiary/aromatic N) is 1. The maximum absolute atomic E-state index is 5.84. The van der Waals surface area contributed by atoms with Crippen molar-refractivity contribution < 1.29 is 0 Å². The van der Waals surface area contributed by atoms with Crippen LogP contribution in [0.4, 0.5) is 5.69 Å². The van der Waals surface area contributed by atoms with Gasteiger partial charge in [0.2, 0.25) is 0 Å². The van der Waals surface area contributed by atoms with Crippen LogP contribution in [0.1, 0.15) is 22.9 Å². The number of thiophene rings is 1. The first-order chi connectivity index (χ1) is 9.22. The smallest absolute Gasteiger partial charge is 0.0440 e. The first kappa shape index (κ1) is 12.7. The van der Waals surface area contributed by atoms with Crippen molar-refractivity contribution in [1.82, 2.24) is 0 Å². The molecule has 0 saturated carbocycles. The third-order valence-electron chi connectivity index (χ3n) is 3.67. The summed E-state index contributed by atoms with van der Waals surface area (Å²) in [5.74, 6) is 0. The van der Waals surface area contributed by atoms with Gasteiger partial charge in [0, 0.05) is 29.7 Å². The van der Waals surface area contributed by atoms with E-state index < -0.39 is 0 Å². The largest absolute Gasteiger partial charge is 0.367 e. The summed E-state index contributed by atoms with van der Waals surface area (Å²) in [6.45, 7) is 4.22. The average molecular weight is 272 g/mol. The lowest BCUT2D eigenvalue weighted by Gasteiger charge is -2.29. The predicted molar refractivity (Wildman–Crippen MR) is 82.9 cm³/mol. The zero-order valence-electron chi connectivity index (χ0n) is 11.3. The second kappa shape index (κ2) is 5.35. The van der Waals surface area contributed by atoms with Crippen LogP contribution in [0.3, 0.4) is 0 Å². The summed E-state index contributed by atoms with van der Waals surface area (Å²) in [5.41, 5.74) is 9.98. The second-order valence-electron chi connectivity index (χ2n) is 5.39. The maximum Gasteiger partial charge on any atom is 0.0440 e. The molecule has 0 radical (unpaired) electrons. The molecular formula is C16H20N2S. The van der Waals surface area contributed by atoms with Gasteiger partial charge in [-0.3, -0.25) is 0 Å². The fourth-order valence-corrected chi connectivity index (χ4v) is 3.57. The second-order valence-corrected chi connectivity index (χ2v) is 6.39. The molecule has 2 aromatic rings. The minimum absolute atomic E-state index is 0.231. The maximum atomic E-state index is 5.84. The first-order valence-electron chi connectivity index (χ1n) is 6.87. The molecule has 2 nitrogen and oxygen atoms in total. The molecular weight excluding hydrogens is 252 g/mol. The zero-order chi connectivity index (χ0) is 13.2. The van der Waals surface area contributed by atoms with Gasteiger partial charge < -0.3 is 10.6 Å². The molecule has 1 unspecified atom stereocenters. The number of anilines is 1. The Morgan fingerprint density at radius 1 is 1.26 bits per heavy atom. The van der Waals surface area contributed by atoms with Crippen LogP contribution in [0.5, 0.6) is 0 Å². The van der Waals surface area contributed by atoms with Gasteiger partial charge in [-0.05, 0) is 54.5 Å². The Morgan fingerprint density at radius 2 is 2.05 bits per heavy atom. The van der Waals surface area contributed by atoms with Crippen LogP contribution in [0, 0.1) is 0 Å². The van der Waals surface area contributed by atoms with E-state index in [0.29, 0.717) is 0 Å². The summed E-state index contributed by atoms with van der Waals surface area (Å²) in [6, 6.07) is 11.4. The van der Waals surface area contributed by atoms with Crippen LogP contribution in [0.15, 0.2) is 35.7 Å². The van der Waals surface area contributed by atoms with Crippen LogP contribution in [0.25, 0.3) is 0 Å². The van der Waals surface area contributed by atoms with Gasteiger partial charge in [0.05, 0.1) is 0 Å². The van der Waals surface area contributed by atoms with Crippen molar-refractivity contribution in [2.45, 2.75) is 32.4 Å². The Kier molecular flexibility index (Phi) is 3.58. The van der Waals surface area contributed by atoms with E-state index in [-0.39, 0.29) is 6.04 Å². The SMILES string of the molecule is CC(N)Cc1ccc(N2CCc3sccc3C2)cc1. The van der Waals surface area contributed by atoms with Gasteiger partial charge in [0.1, 0.15) is 0 Å². The van der Waals surface area contributed by atoms with Gasteiger partial charge in [0.25, 0.3) is 0 Å². The van der Waals surface area contributed by atoms with Gasteiger partial charge in [0.15, 0.2) is 0 Å². The van der Waals surface area contributed by atoms with E-state index in [0.717, 1.165) is 19.5 Å². The molecule has 0 fully saturated rings. The Labute approximate surface area is 118 Å². The average Bonchev–Trinajstić information content (AvgIpc) is 2.86. The quantitative estimate of drug-likeness (QED) is 0.929. The highest BCUT2D eigenvalue weighted by Crippen LogP contribution is 2.27. The molecule has 1 aliphatic heterocycles. The summed E-state index contributed by atoms with van der Waals surface area (Å²) >= 11 is 1.89. The molecule has 3 rings (SSSR count). The van der Waals surface area contributed by atoms with E-state index in [1.165, 1.54) is 23.2 Å². The number of hydrogen-bond donors (Lipinski definition) is 1. The van der Waals surface area contributed by atoms with Crippen molar-refractivity contribution in [1.29, 1.82) is 0 Å². The van der Waals surface area contributed by atoms with Crippen molar-refractivity contribution in [2.75, 3.05) is 11.4 Å². The molecule has 1 atom stereocenters. The Morgan fingerprint density at radius 3 is 2.79 bits per heavy atom. The van der Waals surface area contributed by atoms with Crippen molar-refractivity contribution in [2.24, 2.45) is 5.73 Å². The molecule has 2 N–H and O–H groups in total. The highest BCUT2D eigenvalue weighted by Gasteiger charge is 2.17. The molecule has 1 aromatic carbocycles. The lowest BCUT2D eigenvalue weighted by Crippen LogP contribution is -2.29. The highest BCUT2D eigenvalue weighted by molar-refractivity contribution is 7.10. The molecule has 0 bridgehead atoms. The van der Waals surface area contributed by atoms with Gasteiger partial charge in [-0.1, -0.05) is 12.1 Å². The Balaban J connectivity index is 1.73. The van der Waals surface area contributed by atoms with E-state index in [2.05, 4.69) is 47.5 Å². The van der Waals surface area contributed by atoms with Crippen molar-refractivity contribution in [3.63, 3.8) is 0 Å². The van der Waals surface area contributed by atoms with Gasteiger partial charge in [-0.2, -0.15) is 0 Å². The fraction of sp³-hybridized carbons (Fsp3) is 0.375. The molecule has 3 heteroatoms. The molecule has 1 aromatic heterocycles. The highest BCUT2D eigenvalue weighted by atomic mass is 32.1. The van der Waals surface area contributed by atoms with E-state index >= 15 is 0 Å². The summed E-state index contributed by atoms with van der Waals surface area (Å²) in [7, 11) is 0. The number of nitrogens with two attached hydrogens (primary N) is 1. The van der Waals surface area contributed by atoms with Crippen LogP contribution in [-0.4, -0.2) is 12.6 Å². The van der Waals surface area contributed by atoms with E-state index in [1.807, 2.05) is 11.3 Å². The van der Waals surface area contributed by atoms with E-state index in [1.54, 1.807) is 4.88 Å². The van der Waals surface area contributed by atoms with Gasteiger partial charge in [-0.15, -0.1) is 11.3 Å². The van der Waals surface area contributed by atoms with E-state index in [4.69, 9.17) is 5.73 Å². The Hall–Kier alpha value is -1.32. The molecule has 0 spiro atoms. The van der Waals surface area contributed by atoms with Crippen LogP contribution >= 0.6 is 11.3 Å². The summed E-state index contributed by atoms with van der Waals surface area (Å²) in [5, 5.41) is 2.21. The number of fused-ring (bicyclic) bond motifs is 1. The normalized spacial score (nSPS) is 16.2. The monoisotopic (exact) mass is 272 g/mol. The van der Waals surface area contributed by atoms with Crippen molar-refractivity contribution >= 4 is 17.0 Å². The van der Waals surface area contributed by atoms with Crippen LogP contribution in [0.2, 0.25) is 0 Å². The molecule has 2 heterocycles. The third kappa shape index (κ3) is 2.82. The topological polar surface area (TPSA) is 29.3 Å². The molecule has 0 aliphatic carbocycles. The van der Waals surface area contributed by atoms with E-state index in [9.17, 15) is 0 Å². The first-order valence-corrected chi connectivity index (χ1v) is 7.75.